The minimum atomic E-state index is 0.0397. The topological polar surface area (TPSA) is 26.3 Å². The zero-order chi connectivity index (χ0) is 10.5. The first-order valence-corrected chi connectivity index (χ1v) is 4.89. The van der Waals surface area contributed by atoms with Gasteiger partial charge in [-0.05, 0) is 13.8 Å². The molecule has 0 aromatic carbocycles. The highest BCUT2D eigenvalue weighted by Gasteiger charge is 2.25. The fraction of sp³-hybridized carbons (Fsp3) is 0.500. The third-order valence-electron chi connectivity index (χ3n) is 2.48. The molecule has 0 saturated heterocycles. The molecular formula is C12H16O2. The Morgan fingerprint density at radius 1 is 1.07 bits per heavy atom. The van der Waals surface area contributed by atoms with Gasteiger partial charge in [0.2, 0.25) is 0 Å². The summed E-state index contributed by atoms with van der Waals surface area (Å²) in [7, 11) is 0. The molecule has 76 valence electrons. The van der Waals surface area contributed by atoms with Gasteiger partial charge in [0, 0.05) is 16.5 Å². The molecule has 0 saturated carbocycles. The van der Waals surface area contributed by atoms with Crippen molar-refractivity contribution in [2.75, 3.05) is 0 Å². The zero-order valence-electron chi connectivity index (χ0n) is 9.39. The standard InChI is InChI=1S/C12H16O2/c1-7-6-13-10-8(2)11(12(3,4)5)14-9(7)10/h6H,1-5H3. The van der Waals surface area contributed by atoms with Crippen molar-refractivity contribution in [1.29, 1.82) is 0 Å². The third-order valence-corrected chi connectivity index (χ3v) is 2.48. The van der Waals surface area contributed by atoms with E-state index in [2.05, 4.69) is 27.7 Å². The van der Waals surface area contributed by atoms with Gasteiger partial charge in [-0.3, -0.25) is 0 Å². The van der Waals surface area contributed by atoms with Crippen LogP contribution in [0.5, 0.6) is 0 Å². The smallest absolute Gasteiger partial charge is 0.175 e. The highest BCUT2D eigenvalue weighted by Crippen LogP contribution is 2.35. The summed E-state index contributed by atoms with van der Waals surface area (Å²) in [5.41, 5.74) is 4.02. The molecule has 0 unspecified atom stereocenters. The summed E-state index contributed by atoms with van der Waals surface area (Å²) < 4.78 is 11.3. The first kappa shape index (κ1) is 9.38. The van der Waals surface area contributed by atoms with Gasteiger partial charge >= 0.3 is 0 Å². The molecule has 14 heavy (non-hydrogen) atoms. The van der Waals surface area contributed by atoms with E-state index in [1.54, 1.807) is 6.26 Å². The number of rotatable bonds is 0. The van der Waals surface area contributed by atoms with Crippen LogP contribution in [0.2, 0.25) is 0 Å². The van der Waals surface area contributed by atoms with E-state index < -0.39 is 0 Å². The highest BCUT2D eigenvalue weighted by atomic mass is 16.4. The van der Waals surface area contributed by atoms with Crippen molar-refractivity contribution >= 4 is 11.2 Å². The summed E-state index contributed by atoms with van der Waals surface area (Å²) in [6, 6.07) is 0. The molecule has 2 nitrogen and oxygen atoms in total. The number of furan rings is 2. The Morgan fingerprint density at radius 3 is 2.21 bits per heavy atom. The number of hydrogen-bond acceptors (Lipinski definition) is 2. The van der Waals surface area contributed by atoms with Gasteiger partial charge in [0.05, 0.1) is 6.26 Å². The minimum absolute atomic E-state index is 0.0397. The molecule has 0 spiro atoms. The first-order valence-electron chi connectivity index (χ1n) is 4.89. The van der Waals surface area contributed by atoms with Crippen LogP contribution >= 0.6 is 0 Å². The van der Waals surface area contributed by atoms with E-state index in [1.165, 1.54) is 0 Å². The molecule has 0 aliphatic carbocycles. The number of fused-ring (bicyclic) bond motifs is 1. The van der Waals surface area contributed by atoms with Crippen LogP contribution in [0.1, 0.15) is 37.7 Å². The minimum Gasteiger partial charge on any atom is -0.460 e. The van der Waals surface area contributed by atoms with Crippen molar-refractivity contribution in [2.45, 2.75) is 40.0 Å². The molecule has 0 amide bonds. The molecule has 0 aliphatic heterocycles. The van der Waals surface area contributed by atoms with Crippen molar-refractivity contribution in [2.24, 2.45) is 0 Å². The Kier molecular flexibility index (Phi) is 1.78. The van der Waals surface area contributed by atoms with Gasteiger partial charge in [0.15, 0.2) is 11.2 Å². The Hall–Kier alpha value is -1.18. The molecule has 0 atom stereocenters. The summed E-state index contributed by atoms with van der Waals surface area (Å²) in [6.45, 7) is 10.5. The molecule has 2 rings (SSSR count). The maximum Gasteiger partial charge on any atom is 0.175 e. The van der Waals surface area contributed by atoms with Crippen LogP contribution < -0.4 is 0 Å². The largest absolute Gasteiger partial charge is 0.460 e. The van der Waals surface area contributed by atoms with E-state index in [-0.39, 0.29) is 5.41 Å². The maximum atomic E-state index is 5.84. The molecule has 2 heteroatoms. The Labute approximate surface area is 83.9 Å². The van der Waals surface area contributed by atoms with Gasteiger partial charge in [0.25, 0.3) is 0 Å². The number of aryl methyl sites for hydroxylation is 2. The molecule has 2 aromatic heterocycles. The highest BCUT2D eigenvalue weighted by molar-refractivity contribution is 5.79. The van der Waals surface area contributed by atoms with Gasteiger partial charge < -0.3 is 8.83 Å². The lowest BCUT2D eigenvalue weighted by Crippen LogP contribution is -2.10. The Bertz CT molecular complexity index is 466. The second-order valence-electron chi connectivity index (χ2n) is 4.88. The summed E-state index contributed by atoms with van der Waals surface area (Å²) in [6.07, 6.45) is 1.74. The van der Waals surface area contributed by atoms with E-state index in [4.69, 9.17) is 8.83 Å². The van der Waals surface area contributed by atoms with Gasteiger partial charge in [-0.1, -0.05) is 20.8 Å². The Balaban J connectivity index is 2.75. The van der Waals surface area contributed by atoms with E-state index in [9.17, 15) is 0 Å². The lowest BCUT2D eigenvalue weighted by Gasteiger charge is -2.15. The van der Waals surface area contributed by atoms with Gasteiger partial charge in [-0.2, -0.15) is 0 Å². The SMILES string of the molecule is Cc1coc2c(C)c(C(C)(C)C)oc12. The van der Waals surface area contributed by atoms with Crippen LogP contribution in [0.3, 0.4) is 0 Å². The molecule has 2 aromatic rings. The van der Waals surface area contributed by atoms with Crippen molar-refractivity contribution in [3.63, 3.8) is 0 Å². The first-order chi connectivity index (χ1) is 6.41. The molecule has 0 bridgehead atoms. The molecule has 2 heterocycles. The van der Waals surface area contributed by atoms with Gasteiger partial charge in [0.1, 0.15) is 5.76 Å². The van der Waals surface area contributed by atoms with Crippen molar-refractivity contribution in [3.05, 3.63) is 23.2 Å². The van der Waals surface area contributed by atoms with Crippen LogP contribution in [-0.4, -0.2) is 0 Å². The molecular weight excluding hydrogens is 176 g/mol. The summed E-state index contributed by atoms with van der Waals surface area (Å²) >= 11 is 0. The average Bonchev–Trinajstić information content (AvgIpc) is 2.54. The molecule has 0 aliphatic rings. The van der Waals surface area contributed by atoms with Crippen LogP contribution in [0.15, 0.2) is 15.1 Å². The van der Waals surface area contributed by atoms with Crippen LogP contribution in [-0.2, 0) is 5.41 Å². The predicted octanol–water partition coefficient (Wildman–Crippen LogP) is 3.94. The quantitative estimate of drug-likeness (QED) is 0.632. The van der Waals surface area contributed by atoms with Crippen molar-refractivity contribution in [1.82, 2.24) is 0 Å². The van der Waals surface area contributed by atoms with Crippen LogP contribution in [0.25, 0.3) is 11.2 Å². The zero-order valence-corrected chi connectivity index (χ0v) is 9.39. The third kappa shape index (κ3) is 1.17. The lowest BCUT2D eigenvalue weighted by molar-refractivity contribution is 0.426. The Morgan fingerprint density at radius 2 is 1.71 bits per heavy atom. The van der Waals surface area contributed by atoms with Crippen LogP contribution in [0.4, 0.5) is 0 Å². The fourth-order valence-corrected chi connectivity index (χ4v) is 1.82. The second kappa shape index (κ2) is 2.66. The van der Waals surface area contributed by atoms with E-state index >= 15 is 0 Å². The van der Waals surface area contributed by atoms with E-state index in [0.717, 1.165) is 28.1 Å². The van der Waals surface area contributed by atoms with Crippen molar-refractivity contribution in [3.8, 4) is 0 Å². The summed E-state index contributed by atoms with van der Waals surface area (Å²) in [4.78, 5) is 0. The predicted molar refractivity (Wildman–Crippen MR) is 56.7 cm³/mol. The van der Waals surface area contributed by atoms with Crippen LogP contribution in [0, 0.1) is 13.8 Å². The van der Waals surface area contributed by atoms with Gasteiger partial charge in [-0.25, -0.2) is 0 Å². The van der Waals surface area contributed by atoms with Gasteiger partial charge in [-0.15, -0.1) is 0 Å². The average molecular weight is 192 g/mol. The van der Waals surface area contributed by atoms with E-state index in [0.29, 0.717) is 0 Å². The molecule has 0 radical (unpaired) electrons. The fourth-order valence-electron chi connectivity index (χ4n) is 1.82. The summed E-state index contributed by atoms with van der Waals surface area (Å²) in [5, 5.41) is 0. The van der Waals surface area contributed by atoms with Crippen molar-refractivity contribution < 1.29 is 8.83 Å². The lowest BCUT2D eigenvalue weighted by atomic mass is 9.91. The van der Waals surface area contributed by atoms with E-state index in [1.807, 2.05) is 6.92 Å². The maximum absolute atomic E-state index is 5.84. The monoisotopic (exact) mass is 192 g/mol. The molecule has 0 fully saturated rings. The number of hydrogen-bond donors (Lipinski definition) is 0. The summed E-state index contributed by atoms with van der Waals surface area (Å²) in [5.74, 6) is 1.02. The molecule has 0 N–H and O–H groups in total. The second-order valence-corrected chi connectivity index (χ2v) is 4.88. The normalized spacial score (nSPS) is 12.6.